The molecule has 1 rings (SSSR count). The Morgan fingerprint density at radius 2 is 1.50 bits per heavy atom. The third kappa shape index (κ3) is 2.60. The van der Waals surface area contributed by atoms with Crippen molar-refractivity contribution < 1.29 is 4.79 Å². The summed E-state index contributed by atoms with van der Waals surface area (Å²) in [6.45, 7) is 9.21. The van der Waals surface area contributed by atoms with Gasteiger partial charge < -0.3 is 5.73 Å². The van der Waals surface area contributed by atoms with Crippen LogP contribution in [0, 0.1) is 0 Å². The zero-order chi connectivity index (χ0) is 12.3. The van der Waals surface area contributed by atoms with Gasteiger partial charge in [-0.2, -0.15) is 0 Å². The highest BCUT2D eigenvalue weighted by Crippen LogP contribution is 2.20. The third-order valence-corrected chi connectivity index (χ3v) is 2.77. The van der Waals surface area contributed by atoms with Crippen LogP contribution in [0.15, 0.2) is 42.1 Å². The first-order chi connectivity index (χ1) is 7.43. The fourth-order valence-corrected chi connectivity index (χ4v) is 1.41. The van der Waals surface area contributed by atoms with Crippen molar-refractivity contribution in [3.05, 3.63) is 53.2 Å². The van der Waals surface area contributed by atoms with Gasteiger partial charge in [-0.3, -0.25) is 4.79 Å². The van der Waals surface area contributed by atoms with Gasteiger partial charge in [0.2, 0.25) is 0 Å². The summed E-state index contributed by atoms with van der Waals surface area (Å²) in [5.41, 5.74) is 10.1. The number of hydrogen-bond donors (Lipinski definition) is 1. The van der Waals surface area contributed by atoms with Crippen LogP contribution in [0.25, 0.3) is 5.57 Å². The molecule has 0 radical (unpaired) electrons. The molecule has 0 bridgehead atoms. The van der Waals surface area contributed by atoms with Crippen LogP contribution >= 0.6 is 0 Å². The van der Waals surface area contributed by atoms with Crippen LogP contribution in [-0.4, -0.2) is 5.78 Å². The van der Waals surface area contributed by atoms with Crippen LogP contribution in [0.2, 0.25) is 0 Å². The first kappa shape index (κ1) is 12.2. The van der Waals surface area contributed by atoms with Crippen LogP contribution in [0.5, 0.6) is 0 Å². The first-order valence-electron chi connectivity index (χ1n) is 5.17. The van der Waals surface area contributed by atoms with E-state index in [0.717, 1.165) is 22.3 Å². The quantitative estimate of drug-likeness (QED) is 0.621. The molecule has 2 N–H and O–H groups in total. The van der Waals surface area contributed by atoms with Gasteiger partial charge in [-0.25, -0.2) is 0 Å². The number of rotatable bonds is 3. The van der Waals surface area contributed by atoms with E-state index in [1.165, 1.54) is 0 Å². The molecule has 0 aliphatic carbocycles. The Bertz CT molecular complexity index is 452. The molecule has 1 aromatic rings. The van der Waals surface area contributed by atoms with Crippen LogP contribution in [-0.2, 0) is 0 Å². The predicted octanol–water partition coefficient (Wildman–Crippen LogP) is 3.16. The van der Waals surface area contributed by atoms with Gasteiger partial charge in [-0.15, -0.1) is 0 Å². The smallest absolute Gasteiger partial charge is 0.159 e. The summed E-state index contributed by atoms with van der Waals surface area (Å²) >= 11 is 0. The normalized spacial score (nSPS) is 11.9. The molecular formula is C14H17NO. The minimum absolute atomic E-state index is 0.0770. The zero-order valence-corrected chi connectivity index (χ0v) is 10.0. The molecular weight excluding hydrogens is 198 g/mol. The van der Waals surface area contributed by atoms with Crippen molar-refractivity contribution >= 4 is 11.4 Å². The fraction of sp³-hybridized carbons (Fsp3) is 0.214. The van der Waals surface area contributed by atoms with E-state index >= 15 is 0 Å². The average Bonchev–Trinajstić information content (AvgIpc) is 2.27. The molecule has 16 heavy (non-hydrogen) atoms. The van der Waals surface area contributed by atoms with Gasteiger partial charge in [-0.1, -0.05) is 30.8 Å². The lowest BCUT2D eigenvalue weighted by atomic mass is 9.99. The number of carbonyl (C=O) groups is 1. The van der Waals surface area contributed by atoms with E-state index in [1.54, 1.807) is 6.92 Å². The first-order valence-corrected chi connectivity index (χ1v) is 5.17. The summed E-state index contributed by atoms with van der Waals surface area (Å²) in [6, 6.07) is 7.51. The maximum atomic E-state index is 11.1. The van der Waals surface area contributed by atoms with E-state index < -0.39 is 0 Å². The summed E-state index contributed by atoms with van der Waals surface area (Å²) < 4.78 is 0. The lowest BCUT2D eigenvalue weighted by Gasteiger charge is -2.08. The molecule has 2 heteroatoms. The Labute approximate surface area is 96.5 Å². The Balaban J connectivity index is 3.12. The van der Waals surface area contributed by atoms with E-state index in [1.807, 2.05) is 38.1 Å². The summed E-state index contributed by atoms with van der Waals surface area (Å²) in [6.07, 6.45) is 0. The number of Topliss-reactive ketones (excluding diaryl/α,β-unsaturated/α-hetero) is 1. The van der Waals surface area contributed by atoms with Gasteiger partial charge in [-0.05, 0) is 37.5 Å². The number of carbonyl (C=O) groups excluding carboxylic acids is 1. The predicted molar refractivity (Wildman–Crippen MR) is 68.0 cm³/mol. The van der Waals surface area contributed by atoms with Crippen molar-refractivity contribution in [1.29, 1.82) is 0 Å². The highest BCUT2D eigenvalue weighted by Gasteiger charge is 2.03. The lowest BCUT2D eigenvalue weighted by Crippen LogP contribution is -1.99. The van der Waals surface area contributed by atoms with Crippen LogP contribution < -0.4 is 5.73 Å². The molecule has 1 aromatic carbocycles. The lowest BCUT2D eigenvalue weighted by molar-refractivity contribution is 0.101. The molecule has 0 aliphatic rings. The monoisotopic (exact) mass is 215 g/mol. The standard InChI is InChI=1S/C14H17NO/c1-9(11(3)15)10(2)13-5-7-14(8-6-13)12(4)16/h5-8H,3,15H2,1-2,4H3/b10-9-. The molecule has 0 aromatic heterocycles. The largest absolute Gasteiger partial charge is 0.399 e. The van der Waals surface area contributed by atoms with E-state index in [0.29, 0.717) is 5.70 Å². The fourth-order valence-electron chi connectivity index (χ4n) is 1.41. The number of allylic oxidation sites excluding steroid dienone is 2. The Kier molecular flexibility index (Phi) is 3.67. The number of ketones is 1. The molecule has 0 fully saturated rings. The summed E-state index contributed by atoms with van der Waals surface area (Å²) in [5.74, 6) is 0.0770. The molecule has 0 spiro atoms. The van der Waals surface area contributed by atoms with Gasteiger partial charge in [0, 0.05) is 11.3 Å². The van der Waals surface area contributed by atoms with Crippen molar-refractivity contribution in [1.82, 2.24) is 0 Å². The maximum Gasteiger partial charge on any atom is 0.159 e. The highest BCUT2D eigenvalue weighted by molar-refractivity contribution is 5.94. The van der Waals surface area contributed by atoms with Crippen molar-refractivity contribution in [3.8, 4) is 0 Å². The van der Waals surface area contributed by atoms with E-state index in [9.17, 15) is 4.79 Å². The summed E-state index contributed by atoms with van der Waals surface area (Å²) in [5, 5.41) is 0. The molecule has 0 heterocycles. The third-order valence-electron chi connectivity index (χ3n) is 2.77. The Hall–Kier alpha value is -1.83. The second-order valence-corrected chi connectivity index (χ2v) is 3.91. The topological polar surface area (TPSA) is 43.1 Å². The molecule has 84 valence electrons. The van der Waals surface area contributed by atoms with E-state index in [-0.39, 0.29) is 5.78 Å². The molecule has 0 saturated heterocycles. The second-order valence-electron chi connectivity index (χ2n) is 3.91. The molecule has 0 saturated carbocycles. The van der Waals surface area contributed by atoms with Crippen LogP contribution in [0.4, 0.5) is 0 Å². The van der Waals surface area contributed by atoms with Gasteiger partial charge in [0.1, 0.15) is 0 Å². The van der Waals surface area contributed by atoms with Crippen molar-refractivity contribution in [2.45, 2.75) is 20.8 Å². The minimum Gasteiger partial charge on any atom is -0.399 e. The van der Waals surface area contributed by atoms with E-state index in [2.05, 4.69) is 6.58 Å². The second kappa shape index (κ2) is 4.79. The summed E-state index contributed by atoms with van der Waals surface area (Å²) in [7, 11) is 0. The van der Waals surface area contributed by atoms with Gasteiger partial charge in [0.25, 0.3) is 0 Å². The molecule has 0 amide bonds. The Morgan fingerprint density at radius 1 is 1.06 bits per heavy atom. The minimum atomic E-state index is 0.0770. The Morgan fingerprint density at radius 3 is 1.88 bits per heavy atom. The number of nitrogens with two attached hydrogens (primary N) is 1. The molecule has 2 nitrogen and oxygen atoms in total. The highest BCUT2D eigenvalue weighted by atomic mass is 16.1. The molecule has 0 unspecified atom stereocenters. The summed E-state index contributed by atoms with van der Waals surface area (Å²) in [4.78, 5) is 11.1. The van der Waals surface area contributed by atoms with Crippen LogP contribution in [0.3, 0.4) is 0 Å². The van der Waals surface area contributed by atoms with Gasteiger partial charge in [0.15, 0.2) is 5.78 Å². The average molecular weight is 215 g/mol. The molecule has 0 atom stereocenters. The molecule has 0 aliphatic heterocycles. The van der Waals surface area contributed by atoms with E-state index in [4.69, 9.17) is 5.73 Å². The SMILES string of the molecule is C=C(N)/C(C)=C(/C)c1ccc(C(C)=O)cc1. The zero-order valence-electron chi connectivity index (χ0n) is 10.0. The number of benzene rings is 1. The van der Waals surface area contributed by atoms with Crippen molar-refractivity contribution in [2.24, 2.45) is 5.73 Å². The van der Waals surface area contributed by atoms with Crippen molar-refractivity contribution in [2.75, 3.05) is 0 Å². The van der Waals surface area contributed by atoms with Crippen LogP contribution in [0.1, 0.15) is 36.7 Å². The van der Waals surface area contributed by atoms with Crippen molar-refractivity contribution in [3.63, 3.8) is 0 Å². The maximum absolute atomic E-state index is 11.1. The van der Waals surface area contributed by atoms with Gasteiger partial charge in [0.05, 0.1) is 0 Å². The van der Waals surface area contributed by atoms with Gasteiger partial charge >= 0.3 is 0 Å². The number of hydrogen-bond acceptors (Lipinski definition) is 2.